The van der Waals surface area contributed by atoms with Crippen LogP contribution in [0, 0.1) is 19.8 Å². The average molecular weight is 218 g/mol. The maximum atomic E-state index is 9.14. The van der Waals surface area contributed by atoms with Gasteiger partial charge < -0.3 is 5.11 Å². The molecule has 1 aromatic rings. The Labute approximate surface area is 98.5 Å². The molecule has 0 saturated heterocycles. The average Bonchev–Trinajstić information content (AvgIpc) is 2.29. The third kappa shape index (κ3) is 2.46. The van der Waals surface area contributed by atoms with Gasteiger partial charge in [-0.15, -0.1) is 0 Å². The molecule has 0 aliphatic heterocycles. The highest BCUT2D eigenvalue weighted by atomic mass is 16.3. The highest BCUT2D eigenvalue weighted by Gasteiger charge is 2.22. The van der Waals surface area contributed by atoms with Crippen molar-refractivity contribution in [3.8, 4) is 0 Å². The minimum absolute atomic E-state index is 0.375. The molecule has 1 nitrogen and oxygen atoms in total. The van der Waals surface area contributed by atoms with E-state index in [1.165, 1.54) is 42.4 Å². The zero-order valence-electron chi connectivity index (χ0n) is 10.4. The van der Waals surface area contributed by atoms with Gasteiger partial charge in [0.1, 0.15) is 0 Å². The van der Waals surface area contributed by atoms with Crippen LogP contribution in [0.25, 0.3) is 0 Å². The van der Waals surface area contributed by atoms with E-state index in [4.69, 9.17) is 5.11 Å². The fourth-order valence-electron chi connectivity index (χ4n) is 2.94. The van der Waals surface area contributed by atoms with E-state index in [1.807, 2.05) is 0 Å². The first-order chi connectivity index (χ1) is 7.70. The van der Waals surface area contributed by atoms with E-state index in [1.54, 1.807) is 0 Å². The molecule has 0 amide bonds. The number of aliphatic hydroxyl groups is 1. The Morgan fingerprint density at radius 3 is 2.38 bits per heavy atom. The van der Waals surface area contributed by atoms with Gasteiger partial charge in [0.05, 0.1) is 0 Å². The fourth-order valence-corrected chi connectivity index (χ4v) is 2.94. The molecular formula is C15H22O. The summed E-state index contributed by atoms with van der Waals surface area (Å²) in [6, 6.07) is 6.81. The molecule has 0 bridgehead atoms. The smallest absolute Gasteiger partial charge is 0.0459 e. The highest BCUT2D eigenvalue weighted by Crippen LogP contribution is 2.36. The predicted molar refractivity (Wildman–Crippen MR) is 67.7 cm³/mol. The Kier molecular flexibility index (Phi) is 3.65. The summed E-state index contributed by atoms with van der Waals surface area (Å²) in [5, 5.41) is 9.14. The molecule has 1 heteroatoms. The van der Waals surface area contributed by atoms with Crippen LogP contribution in [0.4, 0.5) is 0 Å². The molecule has 16 heavy (non-hydrogen) atoms. The van der Waals surface area contributed by atoms with E-state index in [0.29, 0.717) is 12.5 Å². The normalized spacial score (nSPS) is 25.7. The first-order valence-electron chi connectivity index (χ1n) is 6.38. The van der Waals surface area contributed by atoms with Crippen LogP contribution in [-0.2, 0) is 0 Å². The quantitative estimate of drug-likeness (QED) is 0.804. The number of benzene rings is 1. The van der Waals surface area contributed by atoms with Crippen molar-refractivity contribution in [2.45, 2.75) is 45.4 Å². The van der Waals surface area contributed by atoms with Gasteiger partial charge in [-0.05, 0) is 62.5 Å². The van der Waals surface area contributed by atoms with E-state index in [0.717, 1.165) is 5.92 Å². The van der Waals surface area contributed by atoms with E-state index in [9.17, 15) is 0 Å². The van der Waals surface area contributed by atoms with Gasteiger partial charge >= 0.3 is 0 Å². The van der Waals surface area contributed by atoms with Gasteiger partial charge in [-0.1, -0.05) is 23.8 Å². The summed E-state index contributed by atoms with van der Waals surface area (Å²) in [5.74, 6) is 1.28. The predicted octanol–water partition coefficient (Wildman–Crippen LogP) is 3.57. The van der Waals surface area contributed by atoms with Crippen LogP contribution in [0.3, 0.4) is 0 Å². The summed E-state index contributed by atoms with van der Waals surface area (Å²) >= 11 is 0. The van der Waals surface area contributed by atoms with Crippen molar-refractivity contribution >= 4 is 0 Å². The van der Waals surface area contributed by atoms with E-state index in [2.05, 4.69) is 32.0 Å². The van der Waals surface area contributed by atoms with Crippen LogP contribution < -0.4 is 0 Å². The second kappa shape index (κ2) is 5.01. The number of aryl methyl sites for hydroxylation is 2. The third-order valence-electron chi connectivity index (χ3n) is 3.97. The van der Waals surface area contributed by atoms with E-state index >= 15 is 0 Å². The van der Waals surface area contributed by atoms with Crippen LogP contribution in [0.15, 0.2) is 18.2 Å². The second-order valence-corrected chi connectivity index (χ2v) is 5.26. The molecule has 0 aromatic heterocycles. The molecule has 1 aliphatic carbocycles. The fraction of sp³-hybridized carbons (Fsp3) is 0.600. The molecule has 1 fully saturated rings. The molecular weight excluding hydrogens is 196 g/mol. The van der Waals surface area contributed by atoms with Crippen LogP contribution in [-0.4, -0.2) is 11.7 Å². The molecule has 88 valence electrons. The molecule has 0 spiro atoms. The van der Waals surface area contributed by atoms with Crippen LogP contribution in [0.2, 0.25) is 0 Å². The Hall–Kier alpha value is -0.820. The van der Waals surface area contributed by atoms with Crippen LogP contribution in [0.5, 0.6) is 0 Å². The van der Waals surface area contributed by atoms with Crippen molar-refractivity contribution in [3.05, 3.63) is 34.9 Å². The van der Waals surface area contributed by atoms with Crippen molar-refractivity contribution in [1.82, 2.24) is 0 Å². The summed E-state index contributed by atoms with van der Waals surface area (Å²) in [4.78, 5) is 0. The van der Waals surface area contributed by atoms with Gasteiger partial charge in [0, 0.05) is 6.61 Å². The molecule has 0 radical (unpaired) electrons. The zero-order chi connectivity index (χ0) is 11.5. The minimum Gasteiger partial charge on any atom is -0.396 e. The lowest BCUT2D eigenvalue weighted by Gasteiger charge is -2.28. The van der Waals surface area contributed by atoms with Gasteiger partial charge in [-0.3, -0.25) is 0 Å². The molecule has 1 aliphatic rings. The second-order valence-electron chi connectivity index (χ2n) is 5.26. The van der Waals surface area contributed by atoms with Gasteiger partial charge in [-0.25, -0.2) is 0 Å². The van der Waals surface area contributed by atoms with Crippen molar-refractivity contribution in [2.24, 2.45) is 5.92 Å². The minimum atomic E-state index is 0.375. The van der Waals surface area contributed by atoms with Gasteiger partial charge in [0.2, 0.25) is 0 Å². The third-order valence-corrected chi connectivity index (χ3v) is 3.97. The summed E-state index contributed by atoms with van der Waals surface area (Å²) in [5.41, 5.74) is 4.32. The number of hydrogen-bond donors (Lipinski definition) is 1. The first-order valence-corrected chi connectivity index (χ1v) is 6.38. The maximum Gasteiger partial charge on any atom is 0.0459 e. The van der Waals surface area contributed by atoms with E-state index in [-0.39, 0.29) is 0 Å². The molecule has 0 atom stereocenters. The standard InChI is InChI=1S/C15H22O/c1-11-3-8-15(12(2)9-11)14-6-4-13(10-16)5-7-14/h3,8-9,13-14,16H,4-7,10H2,1-2H3. The number of hydrogen-bond acceptors (Lipinski definition) is 1. The lowest BCUT2D eigenvalue weighted by molar-refractivity contribution is 0.182. The van der Waals surface area contributed by atoms with Crippen LogP contribution >= 0.6 is 0 Å². The summed E-state index contributed by atoms with van der Waals surface area (Å²) in [6.45, 7) is 4.75. The van der Waals surface area contributed by atoms with Gasteiger partial charge in [-0.2, -0.15) is 0 Å². The number of rotatable bonds is 2. The largest absolute Gasteiger partial charge is 0.396 e. The van der Waals surface area contributed by atoms with Gasteiger partial charge in [0.25, 0.3) is 0 Å². The van der Waals surface area contributed by atoms with Crippen molar-refractivity contribution in [2.75, 3.05) is 6.61 Å². The maximum absolute atomic E-state index is 9.14. The van der Waals surface area contributed by atoms with Crippen molar-refractivity contribution in [1.29, 1.82) is 0 Å². The topological polar surface area (TPSA) is 20.2 Å². The van der Waals surface area contributed by atoms with Crippen molar-refractivity contribution in [3.63, 3.8) is 0 Å². The molecule has 0 heterocycles. The Bertz CT molecular complexity index is 348. The Morgan fingerprint density at radius 2 is 1.81 bits per heavy atom. The lowest BCUT2D eigenvalue weighted by Crippen LogP contribution is -2.16. The SMILES string of the molecule is Cc1ccc(C2CCC(CO)CC2)c(C)c1. The Balaban J connectivity index is 2.08. The van der Waals surface area contributed by atoms with Crippen LogP contribution in [0.1, 0.15) is 48.3 Å². The summed E-state index contributed by atoms with van der Waals surface area (Å²) < 4.78 is 0. The summed E-state index contributed by atoms with van der Waals surface area (Å²) in [6.07, 6.45) is 4.87. The molecule has 1 saturated carbocycles. The monoisotopic (exact) mass is 218 g/mol. The van der Waals surface area contributed by atoms with Gasteiger partial charge in [0.15, 0.2) is 0 Å². The van der Waals surface area contributed by atoms with E-state index < -0.39 is 0 Å². The zero-order valence-corrected chi connectivity index (χ0v) is 10.4. The lowest BCUT2D eigenvalue weighted by atomic mass is 9.78. The van der Waals surface area contributed by atoms with Crippen molar-refractivity contribution < 1.29 is 5.11 Å². The summed E-state index contributed by atoms with van der Waals surface area (Å²) in [7, 11) is 0. The molecule has 1 aromatic carbocycles. The number of aliphatic hydroxyl groups excluding tert-OH is 1. The molecule has 0 unspecified atom stereocenters. The highest BCUT2D eigenvalue weighted by molar-refractivity contribution is 5.33. The molecule has 1 N–H and O–H groups in total. The Morgan fingerprint density at radius 1 is 1.12 bits per heavy atom. The molecule has 2 rings (SSSR count). The first kappa shape index (κ1) is 11.7.